The van der Waals surface area contributed by atoms with Crippen LogP contribution >= 0.6 is 15.9 Å². The van der Waals surface area contributed by atoms with Crippen LogP contribution in [0.2, 0.25) is 0 Å². The molecule has 94 valence electrons. The van der Waals surface area contributed by atoms with Crippen LogP contribution in [-0.4, -0.2) is 10.1 Å². The van der Waals surface area contributed by atoms with E-state index in [1.807, 2.05) is 13.0 Å². The second kappa shape index (κ2) is 5.59. The molecule has 1 aromatic carbocycles. The van der Waals surface area contributed by atoms with E-state index in [0.717, 1.165) is 15.6 Å². The summed E-state index contributed by atoms with van der Waals surface area (Å²) in [6, 6.07) is 8.19. The molecular weight excluding hydrogens is 297 g/mol. The minimum atomic E-state index is -0.678. The summed E-state index contributed by atoms with van der Waals surface area (Å²) >= 11 is 3.30. The first-order valence-electron chi connectivity index (χ1n) is 5.61. The van der Waals surface area contributed by atoms with E-state index in [-0.39, 0.29) is 5.82 Å². The molecule has 1 atom stereocenters. The Morgan fingerprint density at radius 3 is 2.72 bits per heavy atom. The van der Waals surface area contributed by atoms with E-state index < -0.39 is 6.10 Å². The maximum absolute atomic E-state index is 13.0. The van der Waals surface area contributed by atoms with Crippen molar-refractivity contribution in [2.75, 3.05) is 0 Å². The number of halogens is 2. The number of hydrogen-bond donors (Lipinski definition) is 1. The number of aromatic nitrogens is 1. The summed E-state index contributed by atoms with van der Waals surface area (Å²) in [5.41, 5.74) is 2.38. The van der Waals surface area contributed by atoms with Gasteiger partial charge in [-0.3, -0.25) is 4.98 Å². The van der Waals surface area contributed by atoms with Crippen LogP contribution in [-0.2, 0) is 6.42 Å². The highest BCUT2D eigenvalue weighted by molar-refractivity contribution is 9.10. The third-order valence-electron chi connectivity index (χ3n) is 2.81. The fourth-order valence-corrected chi connectivity index (χ4v) is 2.02. The smallest absolute Gasteiger partial charge is 0.123 e. The van der Waals surface area contributed by atoms with Gasteiger partial charge in [0.25, 0.3) is 0 Å². The summed E-state index contributed by atoms with van der Waals surface area (Å²) in [7, 11) is 0. The highest BCUT2D eigenvalue weighted by atomic mass is 79.9. The molecule has 1 aromatic heterocycles. The fourth-order valence-electron chi connectivity index (χ4n) is 1.79. The van der Waals surface area contributed by atoms with Gasteiger partial charge in [-0.15, -0.1) is 0 Å². The van der Waals surface area contributed by atoms with Gasteiger partial charge in [-0.25, -0.2) is 4.39 Å². The third kappa shape index (κ3) is 3.15. The molecule has 4 heteroatoms. The van der Waals surface area contributed by atoms with Crippen molar-refractivity contribution in [1.82, 2.24) is 4.98 Å². The minimum Gasteiger partial charge on any atom is -0.386 e. The normalized spacial score (nSPS) is 12.4. The van der Waals surface area contributed by atoms with Gasteiger partial charge in [0, 0.05) is 17.1 Å². The topological polar surface area (TPSA) is 33.1 Å². The van der Waals surface area contributed by atoms with E-state index in [1.54, 1.807) is 18.3 Å². The molecule has 0 amide bonds. The van der Waals surface area contributed by atoms with Crippen LogP contribution in [0.1, 0.15) is 22.9 Å². The van der Waals surface area contributed by atoms with Crippen molar-refractivity contribution in [1.29, 1.82) is 0 Å². The van der Waals surface area contributed by atoms with E-state index in [2.05, 4.69) is 20.9 Å². The molecule has 0 aliphatic heterocycles. The van der Waals surface area contributed by atoms with E-state index in [4.69, 9.17) is 0 Å². The monoisotopic (exact) mass is 309 g/mol. The molecule has 0 aliphatic rings. The number of rotatable bonds is 3. The molecule has 2 nitrogen and oxygen atoms in total. The molecule has 0 aliphatic carbocycles. The quantitative estimate of drug-likeness (QED) is 0.940. The largest absolute Gasteiger partial charge is 0.386 e. The standard InChI is InChI=1S/C14H13BrFNO/c1-9-6-12(16)4-2-10(9)7-14(18)13-5-3-11(15)8-17-13/h2-6,8,14,18H,7H2,1H3. The Balaban J connectivity index is 2.15. The minimum absolute atomic E-state index is 0.257. The zero-order valence-corrected chi connectivity index (χ0v) is 11.5. The Kier molecular flexibility index (Phi) is 4.09. The Morgan fingerprint density at radius 1 is 1.33 bits per heavy atom. The molecule has 1 N–H and O–H groups in total. The van der Waals surface area contributed by atoms with Gasteiger partial charge in [-0.1, -0.05) is 6.07 Å². The van der Waals surface area contributed by atoms with E-state index in [0.29, 0.717) is 12.1 Å². The number of benzene rings is 1. The van der Waals surface area contributed by atoms with Gasteiger partial charge < -0.3 is 5.11 Å². The van der Waals surface area contributed by atoms with Crippen molar-refractivity contribution in [3.8, 4) is 0 Å². The molecule has 2 rings (SSSR count). The lowest BCUT2D eigenvalue weighted by molar-refractivity contribution is 0.173. The van der Waals surface area contributed by atoms with Crippen molar-refractivity contribution in [3.63, 3.8) is 0 Å². The molecular formula is C14H13BrFNO. The van der Waals surface area contributed by atoms with Gasteiger partial charge in [-0.05, 0) is 58.2 Å². The Hall–Kier alpha value is -1.26. The van der Waals surface area contributed by atoms with Crippen LogP contribution in [0.15, 0.2) is 41.0 Å². The molecule has 0 spiro atoms. The van der Waals surface area contributed by atoms with Crippen LogP contribution in [0.3, 0.4) is 0 Å². The maximum Gasteiger partial charge on any atom is 0.123 e. The van der Waals surface area contributed by atoms with Gasteiger partial charge >= 0.3 is 0 Å². The number of nitrogens with zero attached hydrogens (tertiary/aromatic N) is 1. The Morgan fingerprint density at radius 2 is 2.11 bits per heavy atom. The van der Waals surface area contributed by atoms with Gasteiger partial charge in [0.2, 0.25) is 0 Å². The Labute approximate surface area is 114 Å². The lowest BCUT2D eigenvalue weighted by Gasteiger charge is -2.12. The molecule has 0 saturated carbocycles. The number of aliphatic hydroxyl groups is 1. The summed E-state index contributed by atoms with van der Waals surface area (Å²) < 4.78 is 13.8. The van der Waals surface area contributed by atoms with E-state index in [9.17, 15) is 9.50 Å². The molecule has 1 heterocycles. The van der Waals surface area contributed by atoms with Crippen LogP contribution in [0.4, 0.5) is 4.39 Å². The first-order chi connectivity index (χ1) is 8.56. The summed E-state index contributed by atoms with van der Waals surface area (Å²) in [6.07, 6.45) is 1.40. The zero-order valence-electron chi connectivity index (χ0n) is 9.90. The van der Waals surface area contributed by atoms with E-state index >= 15 is 0 Å². The highest BCUT2D eigenvalue weighted by Crippen LogP contribution is 2.20. The molecule has 1 unspecified atom stereocenters. The van der Waals surface area contributed by atoms with Gasteiger partial charge in [-0.2, -0.15) is 0 Å². The van der Waals surface area contributed by atoms with Gasteiger partial charge in [0.05, 0.1) is 11.8 Å². The second-order valence-electron chi connectivity index (χ2n) is 4.19. The second-order valence-corrected chi connectivity index (χ2v) is 5.11. The number of aliphatic hydroxyl groups excluding tert-OH is 1. The Bertz CT molecular complexity index is 542. The first-order valence-corrected chi connectivity index (χ1v) is 6.40. The summed E-state index contributed by atoms with van der Waals surface area (Å²) in [6.45, 7) is 1.83. The lowest BCUT2D eigenvalue weighted by atomic mass is 10.0. The lowest BCUT2D eigenvalue weighted by Crippen LogP contribution is -2.05. The fraction of sp³-hybridized carbons (Fsp3) is 0.214. The van der Waals surface area contributed by atoms with Crippen molar-refractivity contribution in [2.24, 2.45) is 0 Å². The molecule has 2 aromatic rings. The highest BCUT2D eigenvalue weighted by Gasteiger charge is 2.11. The first kappa shape index (κ1) is 13.2. The number of pyridine rings is 1. The predicted molar refractivity (Wildman–Crippen MR) is 71.7 cm³/mol. The van der Waals surface area contributed by atoms with Crippen LogP contribution in [0, 0.1) is 12.7 Å². The molecule has 0 fully saturated rings. The molecule has 0 saturated heterocycles. The van der Waals surface area contributed by atoms with Crippen LogP contribution in [0.25, 0.3) is 0 Å². The van der Waals surface area contributed by atoms with Crippen molar-refractivity contribution in [2.45, 2.75) is 19.4 Å². The van der Waals surface area contributed by atoms with Gasteiger partial charge in [0.1, 0.15) is 5.82 Å². The molecule has 18 heavy (non-hydrogen) atoms. The number of aryl methyl sites for hydroxylation is 1. The van der Waals surface area contributed by atoms with Gasteiger partial charge in [0.15, 0.2) is 0 Å². The zero-order chi connectivity index (χ0) is 13.1. The summed E-state index contributed by atoms with van der Waals surface area (Å²) in [5, 5.41) is 10.1. The van der Waals surface area contributed by atoms with Crippen LogP contribution < -0.4 is 0 Å². The van der Waals surface area contributed by atoms with Crippen LogP contribution in [0.5, 0.6) is 0 Å². The summed E-state index contributed by atoms with van der Waals surface area (Å²) in [4.78, 5) is 4.15. The third-order valence-corrected chi connectivity index (χ3v) is 3.28. The average molecular weight is 310 g/mol. The summed E-state index contributed by atoms with van der Waals surface area (Å²) in [5.74, 6) is -0.257. The SMILES string of the molecule is Cc1cc(F)ccc1CC(O)c1ccc(Br)cn1. The average Bonchev–Trinajstić information content (AvgIpc) is 2.33. The van der Waals surface area contributed by atoms with Crippen molar-refractivity contribution >= 4 is 15.9 Å². The van der Waals surface area contributed by atoms with Crippen molar-refractivity contribution in [3.05, 3.63) is 63.6 Å². The maximum atomic E-state index is 13.0. The van der Waals surface area contributed by atoms with Crippen molar-refractivity contribution < 1.29 is 9.50 Å². The predicted octanol–water partition coefficient (Wildman–Crippen LogP) is 3.57. The number of hydrogen-bond acceptors (Lipinski definition) is 2. The molecule has 0 radical (unpaired) electrons. The molecule has 0 bridgehead atoms. The van der Waals surface area contributed by atoms with E-state index in [1.165, 1.54) is 12.1 Å².